The van der Waals surface area contributed by atoms with Gasteiger partial charge in [0.2, 0.25) is 0 Å². The van der Waals surface area contributed by atoms with Crippen molar-refractivity contribution < 1.29 is 9.47 Å². The summed E-state index contributed by atoms with van der Waals surface area (Å²) in [5.74, 6) is 0.921. The predicted molar refractivity (Wildman–Crippen MR) is 85.2 cm³/mol. The Morgan fingerprint density at radius 3 is 2.86 bits per heavy atom. The van der Waals surface area contributed by atoms with Gasteiger partial charge in [0.1, 0.15) is 5.75 Å². The number of benzene rings is 1. The molecule has 4 heteroatoms. The van der Waals surface area contributed by atoms with Crippen LogP contribution in [0.15, 0.2) is 18.2 Å². The third-order valence-electron chi connectivity index (χ3n) is 4.94. The number of hydrogen-bond acceptors (Lipinski definition) is 3. The third kappa shape index (κ3) is 3.36. The maximum absolute atomic E-state index is 6.18. The van der Waals surface area contributed by atoms with E-state index < -0.39 is 0 Å². The van der Waals surface area contributed by atoms with Crippen LogP contribution in [0.3, 0.4) is 0 Å². The van der Waals surface area contributed by atoms with Crippen LogP contribution in [0, 0.1) is 5.41 Å². The van der Waals surface area contributed by atoms with Crippen LogP contribution in [0.1, 0.15) is 31.7 Å². The van der Waals surface area contributed by atoms with Gasteiger partial charge in [-0.05, 0) is 56.4 Å². The average Bonchev–Trinajstić information content (AvgIpc) is 3.23. The second-order valence-electron chi connectivity index (χ2n) is 6.41. The lowest BCUT2D eigenvalue weighted by molar-refractivity contribution is 0.0625. The summed E-state index contributed by atoms with van der Waals surface area (Å²) in [4.78, 5) is 0. The van der Waals surface area contributed by atoms with Gasteiger partial charge in [0, 0.05) is 29.6 Å². The minimum atomic E-state index is 0.139. The van der Waals surface area contributed by atoms with Crippen molar-refractivity contribution in [3.05, 3.63) is 28.8 Å². The van der Waals surface area contributed by atoms with Gasteiger partial charge in [-0.3, -0.25) is 0 Å². The molecule has 0 radical (unpaired) electrons. The lowest BCUT2D eigenvalue weighted by atomic mass is 9.76. The number of methoxy groups -OCH3 is 1. The summed E-state index contributed by atoms with van der Waals surface area (Å²) in [6.07, 6.45) is 4.91. The maximum atomic E-state index is 6.18. The van der Waals surface area contributed by atoms with Crippen molar-refractivity contribution in [2.24, 2.45) is 5.41 Å². The zero-order chi connectivity index (χ0) is 14.9. The van der Waals surface area contributed by atoms with E-state index in [0.29, 0.717) is 0 Å². The minimum Gasteiger partial charge on any atom is -0.496 e. The third-order valence-corrected chi connectivity index (χ3v) is 5.17. The van der Waals surface area contributed by atoms with Gasteiger partial charge in [0.05, 0.1) is 13.2 Å². The average molecular weight is 310 g/mol. The Bertz CT molecular complexity index is 504. The molecule has 2 aliphatic rings. The molecule has 1 aromatic rings. The molecule has 21 heavy (non-hydrogen) atoms. The summed E-state index contributed by atoms with van der Waals surface area (Å²) in [5, 5.41) is 4.45. The van der Waals surface area contributed by atoms with Crippen LogP contribution in [0.4, 0.5) is 0 Å². The molecular weight excluding hydrogens is 286 g/mol. The number of rotatable bonds is 6. The van der Waals surface area contributed by atoms with Crippen LogP contribution in [-0.2, 0) is 11.2 Å². The molecule has 1 aromatic carbocycles. The number of halogens is 1. The first-order valence-electron chi connectivity index (χ1n) is 7.80. The SMILES string of the molecule is COc1ccc(Cl)cc1CC1(CNC2CC2)CCOC1C. The van der Waals surface area contributed by atoms with E-state index in [2.05, 4.69) is 12.2 Å². The molecule has 1 N–H and O–H groups in total. The fourth-order valence-corrected chi connectivity index (χ4v) is 3.44. The van der Waals surface area contributed by atoms with Gasteiger partial charge in [-0.1, -0.05) is 11.6 Å². The van der Waals surface area contributed by atoms with E-state index in [1.165, 1.54) is 18.4 Å². The maximum Gasteiger partial charge on any atom is 0.122 e. The molecule has 0 spiro atoms. The molecular formula is C17H24ClNO2. The van der Waals surface area contributed by atoms with Gasteiger partial charge in [0.15, 0.2) is 0 Å². The summed E-state index contributed by atoms with van der Waals surface area (Å²) in [6.45, 7) is 4.05. The second kappa shape index (κ2) is 6.15. The summed E-state index contributed by atoms with van der Waals surface area (Å²) in [7, 11) is 1.72. The first-order valence-corrected chi connectivity index (χ1v) is 8.18. The van der Waals surface area contributed by atoms with Crippen LogP contribution < -0.4 is 10.1 Å². The molecule has 1 heterocycles. The molecule has 2 unspecified atom stereocenters. The molecule has 2 fully saturated rings. The summed E-state index contributed by atoms with van der Waals surface area (Å²) < 4.78 is 11.4. The molecule has 1 saturated heterocycles. The van der Waals surface area contributed by atoms with Crippen LogP contribution >= 0.6 is 11.6 Å². The molecule has 116 valence electrons. The van der Waals surface area contributed by atoms with Gasteiger partial charge in [-0.15, -0.1) is 0 Å². The molecule has 2 atom stereocenters. The first-order chi connectivity index (χ1) is 10.1. The largest absolute Gasteiger partial charge is 0.496 e. The summed E-state index contributed by atoms with van der Waals surface area (Å²) >= 11 is 6.18. The van der Waals surface area contributed by atoms with Crippen molar-refractivity contribution in [2.45, 2.75) is 44.8 Å². The van der Waals surface area contributed by atoms with Crippen LogP contribution in [-0.4, -0.2) is 32.4 Å². The zero-order valence-electron chi connectivity index (χ0n) is 12.8. The smallest absolute Gasteiger partial charge is 0.122 e. The molecule has 1 saturated carbocycles. The van der Waals surface area contributed by atoms with Crippen molar-refractivity contribution in [3.8, 4) is 5.75 Å². The lowest BCUT2D eigenvalue weighted by Gasteiger charge is -2.33. The van der Waals surface area contributed by atoms with E-state index >= 15 is 0 Å². The van der Waals surface area contributed by atoms with E-state index in [-0.39, 0.29) is 11.5 Å². The highest BCUT2D eigenvalue weighted by molar-refractivity contribution is 6.30. The van der Waals surface area contributed by atoms with Crippen molar-refractivity contribution in [2.75, 3.05) is 20.3 Å². The first kappa shape index (κ1) is 15.1. The number of hydrogen-bond donors (Lipinski definition) is 1. The molecule has 1 aliphatic heterocycles. The van der Waals surface area contributed by atoms with Gasteiger partial charge >= 0.3 is 0 Å². The summed E-state index contributed by atoms with van der Waals surface area (Å²) in [6, 6.07) is 6.59. The van der Waals surface area contributed by atoms with Gasteiger partial charge in [-0.25, -0.2) is 0 Å². The number of nitrogens with one attached hydrogen (secondary N) is 1. The Kier molecular flexibility index (Phi) is 4.43. The molecule has 0 bridgehead atoms. The highest BCUT2D eigenvalue weighted by Crippen LogP contribution is 2.40. The quantitative estimate of drug-likeness (QED) is 0.873. The highest BCUT2D eigenvalue weighted by atomic mass is 35.5. The van der Waals surface area contributed by atoms with E-state index in [1.807, 2.05) is 18.2 Å². The van der Waals surface area contributed by atoms with Crippen LogP contribution in [0.25, 0.3) is 0 Å². The highest BCUT2D eigenvalue weighted by Gasteiger charge is 2.42. The van der Waals surface area contributed by atoms with Gasteiger partial charge in [0.25, 0.3) is 0 Å². The lowest BCUT2D eigenvalue weighted by Crippen LogP contribution is -2.42. The molecule has 3 rings (SSSR count). The Hall–Kier alpha value is -0.770. The molecule has 3 nitrogen and oxygen atoms in total. The van der Waals surface area contributed by atoms with E-state index in [1.54, 1.807) is 7.11 Å². The summed E-state index contributed by atoms with van der Waals surface area (Å²) in [5.41, 5.74) is 1.32. The predicted octanol–water partition coefficient (Wildman–Crippen LogP) is 3.44. The normalized spacial score (nSPS) is 28.8. The van der Waals surface area contributed by atoms with E-state index in [9.17, 15) is 0 Å². The molecule has 1 aliphatic carbocycles. The van der Waals surface area contributed by atoms with Crippen molar-refractivity contribution in [1.82, 2.24) is 5.32 Å². The second-order valence-corrected chi connectivity index (χ2v) is 6.85. The fourth-order valence-electron chi connectivity index (χ4n) is 3.25. The zero-order valence-corrected chi connectivity index (χ0v) is 13.6. The number of ether oxygens (including phenoxy) is 2. The standard InChI is InChI=1S/C17H24ClNO2/c1-12-17(7-8-21-12,11-19-15-4-5-15)10-13-9-14(18)3-6-16(13)20-2/h3,6,9,12,15,19H,4-5,7-8,10-11H2,1-2H3. The van der Waals surface area contributed by atoms with Crippen LogP contribution in [0.5, 0.6) is 5.75 Å². The Labute approximate surface area is 132 Å². The van der Waals surface area contributed by atoms with Gasteiger partial charge < -0.3 is 14.8 Å². The van der Waals surface area contributed by atoms with Crippen molar-refractivity contribution in [3.63, 3.8) is 0 Å². The Morgan fingerprint density at radius 2 is 2.24 bits per heavy atom. The van der Waals surface area contributed by atoms with Crippen molar-refractivity contribution in [1.29, 1.82) is 0 Å². The topological polar surface area (TPSA) is 30.5 Å². The Balaban J connectivity index is 1.81. The van der Waals surface area contributed by atoms with Crippen molar-refractivity contribution >= 4 is 11.6 Å². The monoisotopic (exact) mass is 309 g/mol. The Morgan fingerprint density at radius 1 is 1.43 bits per heavy atom. The minimum absolute atomic E-state index is 0.139. The van der Waals surface area contributed by atoms with Gasteiger partial charge in [-0.2, -0.15) is 0 Å². The van der Waals surface area contributed by atoms with E-state index in [4.69, 9.17) is 21.1 Å². The van der Waals surface area contributed by atoms with Crippen LogP contribution in [0.2, 0.25) is 5.02 Å². The molecule has 0 aromatic heterocycles. The fraction of sp³-hybridized carbons (Fsp3) is 0.647. The van der Waals surface area contributed by atoms with E-state index in [0.717, 1.165) is 42.8 Å². The molecule has 0 amide bonds.